The molecule has 2 amide bonds. The Balaban J connectivity index is 1.58. The van der Waals surface area contributed by atoms with Crippen molar-refractivity contribution in [3.05, 3.63) is 64.4 Å². The standard InChI is InChI=1S/C29H32FN3O3S/c1-17(2)33(29(36)21-7-5-18(3)6-8-21)24-14-25(37-26(24)16-34)22-13-19(4)27(31-15-22)32-28(35)20-9-11-23(30)12-10-20/h9-18,21H,5-8H2,1-4H3,(H,31,32,35)/t18-,21-. The Morgan fingerprint density at radius 2 is 1.81 bits per heavy atom. The van der Waals surface area contributed by atoms with Crippen LogP contribution in [0.5, 0.6) is 0 Å². The Morgan fingerprint density at radius 3 is 2.41 bits per heavy atom. The van der Waals surface area contributed by atoms with Crippen molar-refractivity contribution in [3.63, 3.8) is 0 Å². The van der Waals surface area contributed by atoms with Crippen molar-refractivity contribution in [2.45, 2.75) is 59.4 Å². The first-order valence-corrected chi connectivity index (χ1v) is 13.5. The second kappa shape index (κ2) is 11.3. The van der Waals surface area contributed by atoms with E-state index in [9.17, 15) is 18.8 Å². The average Bonchev–Trinajstić information content (AvgIpc) is 3.29. The van der Waals surface area contributed by atoms with Gasteiger partial charge in [-0.3, -0.25) is 14.4 Å². The van der Waals surface area contributed by atoms with Gasteiger partial charge < -0.3 is 10.2 Å². The molecule has 4 rings (SSSR count). The monoisotopic (exact) mass is 521 g/mol. The summed E-state index contributed by atoms with van der Waals surface area (Å²) in [5, 5.41) is 2.76. The maximum atomic E-state index is 13.5. The number of aromatic nitrogens is 1. The van der Waals surface area contributed by atoms with Crippen molar-refractivity contribution in [3.8, 4) is 10.4 Å². The summed E-state index contributed by atoms with van der Waals surface area (Å²) in [6.45, 7) is 8.01. The van der Waals surface area contributed by atoms with E-state index in [0.29, 0.717) is 27.9 Å². The predicted molar refractivity (Wildman–Crippen MR) is 146 cm³/mol. The van der Waals surface area contributed by atoms with E-state index in [1.165, 1.54) is 35.6 Å². The number of anilines is 2. The Kier molecular flexibility index (Phi) is 8.17. The number of aryl methyl sites for hydroxylation is 1. The first kappa shape index (κ1) is 26.7. The van der Waals surface area contributed by atoms with E-state index in [4.69, 9.17) is 0 Å². The molecule has 37 heavy (non-hydrogen) atoms. The molecule has 0 aliphatic heterocycles. The fraction of sp³-hybridized carbons (Fsp3) is 0.379. The number of nitrogens with zero attached hydrogens (tertiary/aromatic N) is 2. The molecule has 2 aromatic heterocycles. The van der Waals surface area contributed by atoms with Crippen molar-refractivity contribution < 1.29 is 18.8 Å². The maximum absolute atomic E-state index is 13.5. The highest BCUT2D eigenvalue weighted by Crippen LogP contribution is 2.39. The first-order valence-electron chi connectivity index (χ1n) is 12.6. The third-order valence-electron chi connectivity index (χ3n) is 6.93. The van der Waals surface area contributed by atoms with Gasteiger partial charge in [0.2, 0.25) is 5.91 Å². The molecule has 0 saturated heterocycles. The first-order chi connectivity index (χ1) is 17.7. The summed E-state index contributed by atoms with van der Waals surface area (Å²) in [5.74, 6) is 0.321. The normalized spacial score (nSPS) is 17.5. The van der Waals surface area contributed by atoms with Gasteiger partial charge in [0.25, 0.3) is 5.91 Å². The van der Waals surface area contributed by atoms with Crippen LogP contribution in [0.3, 0.4) is 0 Å². The molecular weight excluding hydrogens is 489 g/mol. The largest absolute Gasteiger partial charge is 0.308 e. The van der Waals surface area contributed by atoms with Crippen LogP contribution in [0, 0.1) is 24.6 Å². The van der Waals surface area contributed by atoms with E-state index in [1.807, 2.05) is 32.9 Å². The maximum Gasteiger partial charge on any atom is 0.256 e. The van der Waals surface area contributed by atoms with E-state index < -0.39 is 5.82 Å². The Morgan fingerprint density at radius 1 is 1.14 bits per heavy atom. The van der Waals surface area contributed by atoms with Gasteiger partial charge in [-0.15, -0.1) is 11.3 Å². The molecule has 1 saturated carbocycles. The number of amides is 2. The van der Waals surface area contributed by atoms with E-state index in [-0.39, 0.29) is 23.8 Å². The van der Waals surface area contributed by atoms with Gasteiger partial charge in [0.05, 0.1) is 10.6 Å². The SMILES string of the molecule is Cc1cc(-c2cc(N(C(=O)[C@H]3CC[C@H](C)CC3)C(C)C)c(C=O)s2)cnc1NC(=O)c1ccc(F)cc1. The van der Waals surface area contributed by atoms with Gasteiger partial charge in [0.1, 0.15) is 11.6 Å². The number of thiophene rings is 1. The van der Waals surface area contributed by atoms with Crippen molar-refractivity contribution in [2.24, 2.45) is 11.8 Å². The van der Waals surface area contributed by atoms with E-state index in [1.54, 1.807) is 11.1 Å². The lowest BCUT2D eigenvalue weighted by atomic mass is 9.82. The van der Waals surface area contributed by atoms with Crippen LogP contribution < -0.4 is 10.2 Å². The Bertz CT molecular complexity index is 1290. The number of halogens is 1. The summed E-state index contributed by atoms with van der Waals surface area (Å²) in [5.41, 5.74) is 2.50. The molecule has 0 unspecified atom stereocenters. The molecule has 1 aliphatic carbocycles. The summed E-state index contributed by atoms with van der Waals surface area (Å²) < 4.78 is 13.2. The second-order valence-corrected chi connectivity index (χ2v) is 11.2. The number of benzene rings is 1. The zero-order chi connectivity index (χ0) is 26.7. The summed E-state index contributed by atoms with van der Waals surface area (Å²) in [6.07, 6.45) is 6.31. The fourth-order valence-electron chi connectivity index (χ4n) is 4.79. The van der Waals surface area contributed by atoms with Crippen LogP contribution in [0.25, 0.3) is 10.4 Å². The van der Waals surface area contributed by atoms with Crippen LogP contribution in [-0.4, -0.2) is 29.1 Å². The molecule has 1 fully saturated rings. The molecule has 2 heterocycles. The smallest absolute Gasteiger partial charge is 0.256 e. The van der Waals surface area contributed by atoms with Crippen molar-refractivity contribution in [1.82, 2.24) is 4.98 Å². The van der Waals surface area contributed by atoms with Gasteiger partial charge in [-0.05, 0) is 94.3 Å². The van der Waals surface area contributed by atoms with Gasteiger partial charge in [0.15, 0.2) is 6.29 Å². The zero-order valence-corrected chi connectivity index (χ0v) is 22.4. The molecule has 1 aromatic carbocycles. The quantitative estimate of drug-likeness (QED) is 0.343. The molecule has 0 spiro atoms. The highest BCUT2D eigenvalue weighted by molar-refractivity contribution is 7.17. The third kappa shape index (κ3) is 5.96. The van der Waals surface area contributed by atoms with Crippen molar-refractivity contribution in [1.29, 1.82) is 0 Å². The predicted octanol–water partition coefficient (Wildman–Crippen LogP) is 6.89. The Hall–Kier alpha value is -3.39. The molecule has 0 radical (unpaired) electrons. The highest BCUT2D eigenvalue weighted by atomic mass is 32.1. The fourth-order valence-corrected chi connectivity index (χ4v) is 5.73. The van der Waals surface area contributed by atoms with Crippen LogP contribution in [0.4, 0.5) is 15.9 Å². The molecule has 194 valence electrons. The molecule has 8 heteroatoms. The van der Waals surface area contributed by atoms with Crippen LogP contribution in [-0.2, 0) is 4.79 Å². The van der Waals surface area contributed by atoms with Crippen LogP contribution in [0.15, 0.2) is 42.6 Å². The van der Waals surface area contributed by atoms with Gasteiger partial charge in [-0.1, -0.05) is 6.92 Å². The summed E-state index contributed by atoms with van der Waals surface area (Å²) in [4.78, 5) is 45.6. The topological polar surface area (TPSA) is 79.4 Å². The minimum absolute atomic E-state index is 0.0191. The number of aldehydes is 1. The van der Waals surface area contributed by atoms with E-state index in [2.05, 4.69) is 17.2 Å². The van der Waals surface area contributed by atoms with Crippen molar-refractivity contribution in [2.75, 3.05) is 10.2 Å². The minimum atomic E-state index is -0.411. The van der Waals surface area contributed by atoms with E-state index in [0.717, 1.165) is 48.0 Å². The lowest BCUT2D eigenvalue weighted by Gasteiger charge is -2.33. The zero-order valence-electron chi connectivity index (χ0n) is 21.6. The number of nitrogens with one attached hydrogen (secondary N) is 1. The van der Waals surface area contributed by atoms with Gasteiger partial charge in [-0.2, -0.15) is 0 Å². The molecule has 6 nitrogen and oxygen atoms in total. The van der Waals surface area contributed by atoms with E-state index >= 15 is 0 Å². The molecule has 0 atom stereocenters. The number of pyridine rings is 1. The third-order valence-corrected chi connectivity index (χ3v) is 8.03. The number of carbonyl (C=O) groups excluding carboxylic acids is 3. The number of hydrogen-bond acceptors (Lipinski definition) is 5. The van der Waals surface area contributed by atoms with Gasteiger partial charge in [-0.25, -0.2) is 9.37 Å². The van der Waals surface area contributed by atoms with Crippen LogP contribution >= 0.6 is 11.3 Å². The van der Waals surface area contributed by atoms with Crippen LogP contribution in [0.1, 0.15) is 72.0 Å². The molecule has 1 N–H and O–H groups in total. The molecule has 1 aliphatic rings. The summed E-state index contributed by atoms with van der Waals surface area (Å²) in [6, 6.07) is 8.99. The highest BCUT2D eigenvalue weighted by Gasteiger charge is 2.32. The van der Waals surface area contributed by atoms with Crippen molar-refractivity contribution >= 4 is 40.9 Å². The average molecular weight is 522 g/mol. The second-order valence-electron chi connectivity index (χ2n) is 10.1. The Labute approximate surface area is 220 Å². The van der Waals surface area contributed by atoms with Gasteiger partial charge >= 0.3 is 0 Å². The lowest BCUT2D eigenvalue weighted by molar-refractivity contribution is -0.123. The molecular formula is C29H32FN3O3S. The van der Waals surface area contributed by atoms with Crippen LogP contribution in [0.2, 0.25) is 0 Å². The minimum Gasteiger partial charge on any atom is -0.308 e. The lowest BCUT2D eigenvalue weighted by Crippen LogP contribution is -2.42. The molecule has 0 bridgehead atoms. The number of hydrogen-bond donors (Lipinski definition) is 1. The molecule has 3 aromatic rings. The summed E-state index contributed by atoms with van der Waals surface area (Å²) >= 11 is 1.32. The summed E-state index contributed by atoms with van der Waals surface area (Å²) in [7, 11) is 0. The van der Waals surface area contributed by atoms with Gasteiger partial charge in [0, 0.05) is 34.2 Å². The number of rotatable bonds is 7. The number of carbonyl (C=O) groups is 3.